The van der Waals surface area contributed by atoms with Crippen molar-refractivity contribution in [2.24, 2.45) is 17.5 Å². The molecule has 9 nitrogen and oxygen atoms in total. The molecule has 0 heterocycles. The first-order valence-corrected chi connectivity index (χ1v) is 6.13. The molecule has 0 aliphatic carbocycles. The number of anilines is 1. The largest absolute Gasteiger partial charge is 0.368 e. The van der Waals surface area contributed by atoms with Crippen molar-refractivity contribution in [1.82, 2.24) is 5.32 Å². The van der Waals surface area contributed by atoms with Crippen molar-refractivity contribution in [1.29, 1.82) is 0 Å². The highest BCUT2D eigenvalue weighted by Gasteiger charge is 2.23. The lowest BCUT2D eigenvalue weighted by atomic mass is 10.0. The Hall–Kier alpha value is -2.68. The van der Waals surface area contributed by atoms with Gasteiger partial charge in [-0.15, -0.1) is 0 Å². The van der Waals surface area contributed by atoms with Gasteiger partial charge in [-0.25, -0.2) is 0 Å². The molecule has 0 fully saturated rings. The van der Waals surface area contributed by atoms with Crippen molar-refractivity contribution in [3.63, 3.8) is 0 Å². The van der Waals surface area contributed by atoms with E-state index in [2.05, 4.69) is 10.7 Å². The number of hydrogen-bond donors (Lipinski definition) is 4. The van der Waals surface area contributed by atoms with E-state index in [1.54, 1.807) is 13.8 Å². The van der Waals surface area contributed by atoms with Crippen molar-refractivity contribution in [2.75, 3.05) is 5.43 Å². The van der Waals surface area contributed by atoms with Gasteiger partial charge >= 0.3 is 0 Å². The lowest BCUT2D eigenvalue weighted by Crippen LogP contribution is -2.47. The molecule has 0 saturated carbocycles. The molecule has 0 spiro atoms. The minimum atomic E-state index is -0.832. The first-order valence-electron chi connectivity index (χ1n) is 6.13. The van der Waals surface area contributed by atoms with Gasteiger partial charge in [0.15, 0.2) is 0 Å². The van der Waals surface area contributed by atoms with Gasteiger partial charge < -0.3 is 16.5 Å². The summed E-state index contributed by atoms with van der Waals surface area (Å²) in [5.41, 5.74) is 7.23. The number of carbonyl (C=O) groups is 2. The third-order valence-electron chi connectivity index (χ3n) is 2.87. The molecule has 1 rings (SSSR count). The maximum atomic E-state index is 12.1. The number of nitrogen functional groups attached to an aromatic ring is 1. The average molecular weight is 295 g/mol. The fourth-order valence-corrected chi connectivity index (χ4v) is 1.74. The summed E-state index contributed by atoms with van der Waals surface area (Å²) in [6.07, 6.45) is 0. The van der Waals surface area contributed by atoms with Gasteiger partial charge in [-0.2, -0.15) is 0 Å². The van der Waals surface area contributed by atoms with Crippen LogP contribution in [0.1, 0.15) is 24.2 Å². The van der Waals surface area contributed by atoms with E-state index in [-0.39, 0.29) is 22.9 Å². The maximum absolute atomic E-state index is 12.1. The van der Waals surface area contributed by atoms with Crippen LogP contribution in [0.3, 0.4) is 0 Å². The maximum Gasteiger partial charge on any atom is 0.293 e. The highest BCUT2D eigenvalue weighted by molar-refractivity contribution is 5.98. The van der Waals surface area contributed by atoms with Crippen LogP contribution in [-0.2, 0) is 4.79 Å². The number of nitrogens with one attached hydrogen (secondary N) is 2. The molecule has 2 amide bonds. The number of nitrogens with zero attached hydrogens (tertiary/aromatic N) is 1. The average Bonchev–Trinajstić information content (AvgIpc) is 2.42. The molecule has 0 radical (unpaired) electrons. The van der Waals surface area contributed by atoms with Crippen LogP contribution < -0.4 is 22.3 Å². The number of primary amides is 1. The molecule has 0 saturated heterocycles. The molecular formula is C12H17N5O4. The van der Waals surface area contributed by atoms with Crippen LogP contribution in [0.4, 0.5) is 11.4 Å². The predicted octanol–water partition coefficient (Wildman–Crippen LogP) is 0.120. The minimum absolute atomic E-state index is 0.00665. The third kappa shape index (κ3) is 3.89. The van der Waals surface area contributed by atoms with Gasteiger partial charge in [0.05, 0.1) is 4.92 Å². The second-order valence-electron chi connectivity index (χ2n) is 4.73. The Labute approximate surface area is 120 Å². The van der Waals surface area contributed by atoms with E-state index in [9.17, 15) is 19.7 Å². The Morgan fingerprint density at radius 1 is 1.33 bits per heavy atom. The highest BCUT2D eigenvalue weighted by Crippen LogP contribution is 2.24. The summed E-state index contributed by atoms with van der Waals surface area (Å²) in [4.78, 5) is 33.5. The summed E-state index contributed by atoms with van der Waals surface area (Å²) in [5.74, 6) is 3.79. The molecule has 9 heteroatoms. The number of amides is 2. The Morgan fingerprint density at radius 2 is 1.95 bits per heavy atom. The van der Waals surface area contributed by atoms with Gasteiger partial charge in [0.25, 0.3) is 11.6 Å². The van der Waals surface area contributed by atoms with E-state index >= 15 is 0 Å². The summed E-state index contributed by atoms with van der Waals surface area (Å²) in [6.45, 7) is 3.47. The molecule has 0 aliphatic rings. The van der Waals surface area contributed by atoms with Crippen molar-refractivity contribution < 1.29 is 14.5 Å². The van der Waals surface area contributed by atoms with Crippen molar-refractivity contribution in [2.45, 2.75) is 19.9 Å². The zero-order valence-electron chi connectivity index (χ0n) is 11.6. The standard InChI is InChI=1S/C12H17N5O4/c1-6(2)10(11(13)18)15-12(19)7-3-4-9(17(20)21)8(5-7)16-14/h3-6,10,16H,14H2,1-2H3,(H2,13,18)(H,15,19). The monoisotopic (exact) mass is 295 g/mol. The van der Waals surface area contributed by atoms with Gasteiger partial charge in [-0.1, -0.05) is 13.8 Å². The van der Waals surface area contributed by atoms with Gasteiger partial charge in [-0.05, 0) is 18.1 Å². The molecule has 1 aromatic carbocycles. The number of benzene rings is 1. The normalized spacial score (nSPS) is 11.8. The van der Waals surface area contributed by atoms with Gasteiger partial charge in [0.2, 0.25) is 5.91 Å². The smallest absolute Gasteiger partial charge is 0.293 e. The van der Waals surface area contributed by atoms with E-state index in [4.69, 9.17) is 11.6 Å². The van der Waals surface area contributed by atoms with Crippen LogP contribution in [-0.4, -0.2) is 22.8 Å². The van der Waals surface area contributed by atoms with Gasteiger partial charge in [0.1, 0.15) is 11.7 Å². The molecule has 1 unspecified atom stereocenters. The summed E-state index contributed by atoms with van der Waals surface area (Å²) >= 11 is 0. The number of nitro groups is 1. The predicted molar refractivity (Wildman–Crippen MR) is 76.2 cm³/mol. The van der Waals surface area contributed by atoms with E-state index in [1.807, 2.05) is 0 Å². The third-order valence-corrected chi connectivity index (χ3v) is 2.87. The Morgan fingerprint density at radius 3 is 2.38 bits per heavy atom. The second-order valence-corrected chi connectivity index (χ2v) is 4.73. The lowest BCUT2D eigenvalue weighted by molar-refractivity contribution is -0.384. The molecule has 0 bridgehead atoms. The van der Waals surface area contributed by atoms with E-state index in [0.717, 1.165) is 6.07 Å². The minimum Gasteiger partial charge on any atom is -0.368 e. The first kappa shape index (κ1) is 16.4. The zero-order valence-corrected chi connectivity index (χ0v) is 11.6. The van der Waals surface area contributed by atoms with E-state index < -0.39 is 22.8 Å². The summed E-state index contributed by atoms with van der Waals surface area (Å²) in [6, 6.07) is 2.82. The molecule has 114 valence electrons. The van der Waals surface area contributed by atoms with Crippen molar-refractivity contribution in [3.8, 4) is 0 Å². The van der Waals surface area contributed by atoms with Crippen LogP contribution in [0.5, 0.6) is 0 Å². The molecule has 0 aliphatic heterocycles. The fourth-order valence-electron chi connectivity index (χ4n) is 1.74. The fraction of sp³-hybridized carbons (Fsp3) is 0.333. The number of hydrazine groups is 1. The summed E-state index contributed by atoms with van der Waals surface area (Å²) < 4.78 is 0. The van der Waals surface area contributed by atoms with Crippen LogP contribution in [0.15, 0.2) is 18.2 Å². The van der Waals surface area contributed by atoms with E-state index in [1.165, 1.54) is 12.1 Å². The van der Waals surface area contributed by atoms with Gasteiger partial charge in [-0.3, -0.25) is 25.5 Å². The number of nitrogens with two attached hydrogens (primary N) is 2. The Bertz CT molecular complexity index is 573. The number of nitro benzene ring substituents is 1. The molecule has 21 heavy (non-hydrogen) atoms. The molecule has 1 atom stereocenters. The van der Waals surface area contributed by atoms with Crippen LogP contribution in [0.2, 0.25) is 0 Å². The van der Waals surface area contributed by atoms with E-state index in [0.29, 0.717) is 0 Å². The van der Waals surface area contributed by atoms with Gasteiger partial charge in [0, 0.05) is 11.6 Å². The van der Waals surface area contributed by atoms with Crippen LogP contribution >= 0.6 is 0 Å². The molecule has 6 N–H and O–H groups in total. The van der Waals surface area contributed by atoms with Crippen LogP contribution in [0.25, 0.3) is 0 Å². The summed E-state index contributed by atoms with van der Waals surface area (Å²) in [7, 11) is 0. The number of rotatable bonds is 6. The number of carbonyl (C=O) groups excluding carboxylic acids is 2. The first-order chi connectivity index (χ1) is 9.77. The summed E-state index contributed by atoms with van der Waals surface area (Å²) in [5, 5.41) is 13.2. The van der Waals surface area contributed by atoms with Crippen molar-refractivity contribution >= 4 is 23.2 Å². The SMILES string of the molecule is CC(C)C(NC(=O)c1ccc([N+](=O)[O-])c(NN)c1)C(N)=O. The molecular weight excluding hydrogens is 278 g/mol. The Balaban J connectivity index is 3.03. The number of hydrogen-bond acceptors (Lipinski definition) is 6. The topological polar surface area (TPSA) is 153 Å². The zero-order chi connectivity index (χ0) is 16.2. The van der Waals surface area contributed by atoms with Crippen LogP contribution in [0, 0.1) is 16.0 Å². The highest BCUT2D eigenvalue weighted by atomic mass is 16.6. The Kier molecular flexibility index (Phi) is 5.19. The quantitative estimate of drug-likeness (QED) is 0.332. The second kappa shape index (κ2) is 6.66. The molecule has 0 aromatic heterocycles. The molecule has 1 aromatic rings. The van der Waals surface area contributed by atoms with Crippen molar-refractivity contribution in [3.05, 3.63) is 33.9 Å². The lowest BCUT2D eigenvalue weighted by Gasteiger charge is -2.19.